The van der Waals surface area contributed by atoms with Crippen molar-refractivity contribution in [3.63, 3.8) is 0 Å². The van der Waals surface area contributed by atoms with Crippen molar-refractivity contribution in [2.75, 3.05) is 0 Å². The van der Waals surface area contributed by atoms with Gasteiger partial charge in [0.2, 0.25) is 6.17 Å². The Hall–Kier alpha value is -0.910. The number of carbonyl (C=O) groups is 1. The second-order valence-electron chi connectivity index (χ2n) is 4.52. The minimum Gasteiger partial charge on any atom is -0.463 e. The van der Waals surface area contributed by atoms with Crippen molar-refractivity contribution in [1.29, 1.82) is 0 Å². The van der Waals surface area contributed by atoms with E-state index in [0.29, 0.717) is 22.9 Å². The minimum atomic E-state index is -1.67. The summed E-state index contributed by atoms with van der Waals surface area (Å²) in [7, 11) is 0. The second kappa shape index (κ2) is 7.57. The highest BCUT2D eigenvalue weighted by molar-refractivity contribution is 6.68. The quantitative estimate of drug-likeness (QED) is 0.616. The predicted octanol–water partition coefficient (Wildman–Crippen LogP) is 3.12. The van der Waals surface area contributed by atoms with E-state index in [2.05, 4.69) is 5.32 Å². The number of quaternary nitrogens is 1. The Morgan fingerprint density at radius 3 is 2.45 bits per heavy atom. The van der Waals surface area contributed by atoms with E-state index < -0.39 is 9.96 Å². The van der Waals surface area contributed by atoms with Gasteiger partial charge in [-0.15, -0.1) is 0 Å². The topological polar surface area (TPSA) is 58.9 Å². The van der Waals surface area contributed by atoms with E-state index in [4.69, 9.17) is 50.8 Å². The SMILES string of the molecule is O=C(NC([NH2+]Cc1ccco1)C(Cl)(Cl)Cl)c1ccc(Cl)cc1. The van der Waals surface area contributed by atoms with Gasteiger partial charge in [0.15, 0.2) is 5.76 Å². The molecule has 0 aliphatic rings. The molecule has 0 saturated heterocycles. The molecule has 1 unspecified atom stereocenters. The zero-order valence-corrected chi connectivity index (χ0v) is 14.3. The lowest BCUT2D eigenvalue weighted by molar-refractivity contribution is -0.708. The number of furan rings is 1. The van der Waals surface area contributed by atoms with Gasteiger partial charge in [0, 0.05) is 10.6 Å². The summed E-state index contributed by atoms with van der Waals surface area (Å²) in [5.41, 5.74) is 0.426. The summed E-state index contributed by atoms with van der Waals surface area (Å²) in [5.74, 6) is 0.351. The largest absolute Gasteiger partial charge is 0.463 e. The van der Waals surface area contributed by atoms with Gasteiger partial charge >= 0.3 is 0 Å². The van der Waals surface area contributed by atoms with Crippen LogP contribution in [0.25, 0.3) is 0 Å². The van der Waals surface area contributed by atoms with E-state index in [9.17, 15) is 4.79 Å². The number of nitrogens with two attached hydrogens (primary N) is 1. The van der Waals surface area contributed by atoms with Crippen LogP contribution in [-0.2, 0) is 6.54 Å². The molecule has 2 aromatic rings. The predicted molar refractivity (Wildman–Crippen MR) is 87.3 cm³/mol. The molecule has 8 heteroatoms. The van der Waals surface area contributed by atoms with Gasteiger partial charge in [-0.05, 0) is 36.4 Å². The molecular weight excluding hydrogens is 370 g/mol. The number of rotatable bonds is 5. The number of hydrogen-bond acceptors (Lipinski definition) is 2. The molecule has 0 spiro atoms. The molecule has 0 fully saturated rings. The van der Waals surface area contributed by atoms with Crippen molar-refractivity contribution in [3.05, 3.63) is 59.0 Å². The van der Waals surface area contributed by atoms with Crippen LogP contribution < -0.4 is 10.6 Å². The van der Waals surface area contributed by atoms with Crippen LogP contribution in [0.1, 0.15) is 16.1 Å². The summed E-state index contributed by atoms with van der Waals surface area (Å²) < 4.78 is 3.54. The molecular formula is C14H13Cl4N2O2+. The average molecular weight is 383 g/mol. The number of halogens is 4. The summed E-state index contributed by atoms with van der Waals surface area (Å²) in [5, 5.41) is 4.90. The molecule has 0 saturated carbocycles. The van der Waals surface area contributed by atoms with Crippen LogP contribution in [0.15, 0.2) is 47.1 Å². The standard InChI is InChI=1S/C14H12Cl4N2O2/c15-10-5-3-9(4-6-10)12(21)20-13(14(16,17)18)19-8-11-2-1-7-22-11/h1-7,13,19H,8H2,(H,20,21)/p+1. The van der Waals surface area contributed by atoms with Gasteiger partial charge in [-0.2, -0.15) is 0 Å². The molecule has 0 aliphatic heterocycles. The summed E-state index contributed by atoms with van der Waals surface area (Å²) >= 11 is 23.6. The van der Waals surface area contributed by atoms with E-state index >= 15 is 0 Å². The molecule has 118 valence electrons. The molecule has 22 heavy (non-hydrogen) atoms. The van der Waals surface area contributed by atoms with E-state index in [-0.39, 0.29) is 5.91 Å². The van der Waals surface area contributed by atoms with Crippen molar-refractivity contribution >= 4 is 52.3 Å². The Bertz CT molecular complexity index is 609. The average Bonchev–Trinajstić information content (AvgIpc) is 2.96. The molecule has 1 aromatic heterocycles. The maximum Gasteiger partial charge on any atom is 0.262 e. The molecule has 0 bridgehead atoms. The highest BCUT2D eigenvalue weighted by atomic mass is 35.6. The molecule has 1 atom stereocenters. The van der Waals surface area contributed by atoms with E-state index in [1.807, 2.05) is 0 Å². The fourth-order valence-corrected chi connectivity index (χ4v) is 2.32. The van der Waals surface area contributed by atoms with Gasteiger partial charge in [-0.3, -0.25) is 10.1 Å². The Labute approximate surface area is 147 Å². The first kappa shape index (κ1) is 17.4. The maximum absolute atomic E-state index is 12.2. The van der Waals surface area contributed by atoms with Gasteiger partial charge in [-0.25, -0.2) is 0 Å². The van der Waals surface area contributed by atoms with E-state index in [1.165, 1.54) is 0 Å². The zero-order chi connectivity index (χ0) is 16.2. The summed E-state index contributed by atoms with van der Waals surface area (Å²) in [4.78, 5) is 12.2. The number of amides is 1. The Kier molecular flexibility index (Phi) is 6.01. The number of carbonyl (C=O) groups excluding carboxylic acids is 1. The third kappa shape index (κ3) is 5.07. The number of nitrogens with one attached hydrogen (secondary N) is 1. The first-order chi connectivity index (χ1) is 10.4. The lowest BCUT2D eigenvalue weighted by Gasteiger charge is -2.23. The minimum absolute atomic E-state index is 0.358. The number of hydrogen-bond donors (Lipinski definition) is 2. The lowest BCUT2D eigenvalue weighted by atomic mass is 10.2. The van der Waals surface area contributed by atoms with Crippen molar-refractivity contribution in [2.45, 2.75) is 16.5 Å². The van der Waals surface area contributed by atoms with Gasteiger partial charge in [0.05, 0.1) is 6.26 Å². The molecule has 0 radical (unpaired) electrons. The molecule has 1 aromatic carbocycles. The first-order valence-corrected chi connectivity index (χ1v) is 7.86. The highest BCUT2D eigenvalue weighted by Crippen LogP contribution is 2.27. The smallest absolute Gasteiger partial charge is 0.262 e. The van der Waals surface area contributed by atoms with Crippen LogP contribution in [0, 0.1) is 0 Å². The Balaban J connectivity index is 2.03. The van der Waals surface area contributed by atoms with Crippen molar-refractivity contribution in [2.24, 2.45) is 0 Å². The maximum atomic E-state index is 12.2. The van der Waals surface area contributed by atoms with Gasteiger partial charge in [0.25, 0.3) is 9.70 Å². The van der Waals surface area contributed by atoms with Gasteiger partial charge in [0.1, 0.15) is 6.54 Å². The van der Waals surface area contributed by atoms with Crippen LogP contribution in [-0.4, -0.2) is 15.9 Å². The van der Waals surface area contributed by atoms with E-state index in [0.717, 1.165) is 0 Å². The van der Waals surface area contributed by atoms with E-state index in [1.54, 1.807) is 48.0 Å². The summed E-state index contributed by atoms with van der Waals surface area (Å²) in [6.45, 7) is 0.423. The summed E-state index contributed by atoms with van der Waals surface area (Å²) in [6, 6.07) is 9.99. The van der Waals surface area contributed by atoms with Crippen LogP contribution in [0.4, 0.5) is 0 Å². The van der Waals surface area contributed by atoms with Crippen LogP contribution in [0.3, 0.4) is 0 Å². The molecule has 3 N–H and O–H groups in total. The lowest BCUT2D eigenvalue weighted by Crippen LogP contribution is -2.95. The fourth-order valence-electron chi connectivity index (χ4n) is 1.76. The third-order valence-corrected chi connectivity index (χ3v) is 3.84. The van der Waals surface area contributed by atoms with Crippen molar-refractivity contribution in [1.82, 2.24) is 5.32 Å². The fraction of sp³-hybridized carbons (Fsp3) is 0.214. The normalized spacial score (nSPS) is 12.9. The van der Waals surface area contributed by atoms with Crippen LogP contribution in [0.2, 0.25) is 5.02 Å². The molecule has 0 aliphatic carbocycles. The zero-order valence-electron chi connectivity index (χ0n) is 11.2. The van der Waals surface area contributed by atoms with Crippen LogP contribution in [0.5, 0.6) is 0 Å². The van der Waals surface area contributed by atoms with Crippen molar-refractivity contribution < 1.29 is 14.5 Å². The molecule has 1 heterocycles. The molecule has 2 rings (SSSR count). The Morgan fingerprint density at radius 1 is 1.23 bits per heavy atom. The third-order valence-electron chi connectivity index (χ3n) is 2.88. The van der Waals surface area contributed by atoms with Crippen LogP contribution >= 0.6 is 46.4 Å². The van der Waals surface area contributed by atoms with Gasteiger partial charge in [-0.1, -0.05) is 46.4 Å². The first-order valence-electron chi connectivity index (χ1n) is 6.35. The second-order valence-corrected chi connectivity index (χ2v) is 7.32. The summed E-state index contributed by atoms with van der Waals surface area (Å²) in [6.07, 6.45) is 0.783. The highest BCUT2D eigenvalue weighted by Gasteiger charge is 2.37. The molecule has 4 nitrogen and oxygen atoms in total. The Morgan fingerprint density at radius 2 is 1.91 bits per heavy atom. The van der Waals surface area contributed by atoms with Gasteiger partial charge < -0.3 is 9.73 Å². The number of alkyl halides is 3. The number of benzene rings is 1. The van der Waals surface area contributed by atoms with Crippen molar-refractivity contribution in [3.8, 4) is 0 Å². The monoisotopic (exact) mass is 381 g/mol. The molecule has 1 amide bonds.